The maximum absolute atomic E-state index is 12.8. The van der Waals surface area contributed by atoms with Gasteiger partial charge in [-0.1, -0.05) is 6.07 Å². The summed E-state index contributed by atoms with van der Waals surface area (Å²) in [5, 5.41) is 9.57. The highest BCUT2D eigenvalue weighted by Gasteiger charge is 2.16. The lowest BCUT2D eigenvalue weighted by atomic mass is 9.97. The zero-order valence-corrected chi connectivity index (χ0v) is 7.56. The molecule has 0 aliphatic heterocycles. The van der Waals surface area contributed by atoms with Gasteiger partial charge in [-0.15, -0.1) is 0 Å². The van der Waals surface area contributed by atoms with Gasteiger partial charge < -0.3 is 5.11 Å². The summed E-state index contributed by atoms with van der Waals surface area (Å²) in [5.74, 6) is -0.299. The van der Waals surface area contributed by atoms with Crippen LogP contribution in [0.15, 0.2) is 18.2 Å². The minimum atomic E-state index is -0.965. The molecular weight excluding hydrogens is 155 g/mol. The highest BCUT2D eigenvalue weighted by atomic mass is 19.1. The van der Waals surface area contributed by atoms with Crippen LogP contribution in [-0.2, 0) is 5.60 Å². The van der Waals surface area contributed by atoms with E-state index in [0.29, 0.717) is 5.56 Å². The van der Waals surface area contributed by atoms with E-state index in [1.165, 1.54) is 12.1 Å². The summed E-state index contributed by atoms with van der Waals surface area (Å²) >= 11 is 0. The Hall–Kier alpha value is -0.890. The summed E-state index contributed by atoms with van der Waals surface area (Å²) < 4.78 is 12.8. The van der Waals surface area contributed by atoms with E-state index in [2.05, 4.69) is 0 Å². The standard InChI is InChI=1S/C10H13FO/c1-7-4-8(10(2,3)12)6-9(11)5-7/h4-6,12H,1-3H3. The van der Waals surface area contributed by atoms with Gasteiger partial charge in [0.25, 0.3) is 0 Å². The molecule has 0 radical (unpaired) electrons. The van der Waals surface area contributed by atoms with Gasteiger partial charge in [0.1, 0.15) is 5.82 Å². The van der Waals surface area contributed by atoms with Gasteiger partial charge >= 0.3 is 0 Å². The van der Waals surface area contributed by atoms with E-state index >= 15 is 0 Å². The van der Waals surface area contributed by atoms with Crippen LogP contribution in [0.5, 0.6) is 0 Å². The molecule has 12 heavy (non-hydrogen) atoms. The normalized spacial score (nSPS) is 11.8. The highest BCUT2D eigenvalue weighted by molar-refractivity contribution is 5.27. The average Bonchev–Trinajstić information content (AvgIpc) is 1.82. The second-order valence-electron chi connectivity index (χ2n) is 3.58. The molecule has 2 heteroatoms. The molecule has 0 saturated heterocycles. The smallest absolute Gasteiger partial charge is 0.123 e. The van der Waals surface area contributed by atoms with Crippen molar-refractivity contribution in [1.82, 2.24) is 0 Å². The quantitative estimate of drug-likeness (QED) is 0.682. The summed E-state index contributed by atoms with van der Waals surface area (Å²) in [6, 6.07) is 4.57. The van der Waals surface area contributed by atoms with Crippen LogP contribution in [0.3, 0.4) is 0 Å². The third-order valence-corrected chi connectivity index (χ3v) is 1.75. The Bertz CT molecular complexity index is 266. The van der Waals surface area contributed by atoms with Gasteiger partial charge in [0.05, 0.1) is 5.60 Å². The van der Waals surface area contributed by atoms with Gasteiger partial charge in [0.2, 0.25) is 0 Å². The van der Waals surface area contributed by atoms with E-state index in [4.69, 9.17) is 0 Å². The highest BCUT2D eigenvalue weighted by Crippen LogP contribution is 2.21. The van der Waals surface area contributed by atoms with Crippen molar-refractivity contribution in [2.24, 2.45) is 0 Å². The summed E-state index contributed by atoms with van der Waals surface area (Å²) in [6.07, 6.45) is 0. The average molecular weight is 168 g/mol. The monoisotopic (exact) mass is 168 g/mol. The molecule has 66 valence electrons. The number of aliphatic hydroxyl groups is 1. The Morgan fingerprint density at radius 2 is 1.83 bits per heavy atom. The van der Waals surface area contributed by atoms with E-state index in [9.17, 15) is 9.50 Å². The fourth-order valence-corrected chi connectivity index (χ4v) is 1.09. The van der Waals surface area contributed by atoms with Gasteiger partial charge in [0.15, 0.2) is 0 Å². The first kappa shape index (κ1) is 9.20. The first-order valence-corrected chi connectivity index (χ1v) is 3.89. The molecule has 1 aromatic carbocycles. The van der Waals surface area contributed by atoms with Crippen molar-refractivity contribution in [2.75, 3.05) is 0 Å². The molecule has 1 rings (SSSR count). The molecule has 0 bridgehead atoms. The van der Waals surface area contributed by atoms with Crippen molar-refractivity contribution in [2.45, 2.75) is 26.4 Å². The van der Waals surface area contributed by atoms with E-state index < -0.39 is 5.60 Å². The number of rotatable bonds is 1. The van der Waals surface area contributed by atoms with Gasteiger partial charge in [-0.2, -0.15) is 0 Å². The molecular formula is C10H13FO. The molecule has 0 unspecified atom stereocenters. The van der Waals surface area contributed by atoms with Crippen LogP contribution in [0.4, 0.5) is 4.39 Å². The Morgan fingerprint density at radius 3 is 2.25 bits per heavy atom. The first-order chi connectivity index (χ1) is 5.39. The molecule has 1 aromatic rings. The fourth-order valence-electron chi connectivity index (χ4n) is 1.09. The zero-order chi connectivity index (χ0) is 9.35. The summed E-state index contributed by atoms with van der Waals surface area (Å²) in [5.41, 5.74) is 0.472. The van der Waals surface area contributed by atoms with Gasteiger partial charge in [-0.3, -0.25) is 0 Å². The van der Waals surface area contributed by atoms with Crippen molar-refractivity contribution in [3.8, 4) is 0 Å². The van der Waals surface area contributed by atoms with Crippen molar-refractivity contribution < 1.29 is 9.50 Å². The van der Waals surface area contributed by atoms with Crippen molar-refractivity contribution >= 4 is 0 Å². The molecule has 0 fully saturated rings. The van der Waals surface area contributed by atoms with E-state index in [-0.39, 0.29) is 5.82 Å². The first-order valence-electron chi connectivity index (χ1n) is 3.89. The van der Waals surface area contributed by atoms with Gasteiger partial charge in [0, 0.05) is 0 Å². The Kier molecular flexibility index (Phi) is 2.20. The lowest BCUT2D eigenvalue weighted by molar-refractivity contribution is 0.0782. The Morgan fingerprint density at radius 1 is 1.25 bits per heavy atom. The molecule has 0 atom stereocenters. The van der Waals surface area contributed by atoms with E-state index in [1.807, 2.05) is 0 Å². The van der Waals surface area contributed by atoms with E-state index in [1.54, 1.807) is 26.8 Å². The van der Waals surface area contributed by atoms with Crippen LogP contribution < -0.4 is 0 Å². The van der Waals surface area contributed by atoms with Crippen LogP contribution in [0.2, 0.25) is 0 Å². The van der Waals surface area contributed by atoms with Crippen molar-refractivity contribution in [3.63, 3.8) is 0 Å². The number of benzene rings is 1. The second kappa shape index (κ2) is 2.87. The van der Waals surface area contributed by atoms with Crippen molar-refractivity contribution in [3.05, 3.63) is 35.1 Å². The predicted molar refractivity (Wildman–Crippen MR) is 46.4 cm³/mol. The van der Waals surface area contributed by atoms with Crippen LogP contribution in [0.1, 0.15) is 25.0 Å². The molecule has 0 aliphatic carbocycles. The van der Waals surface area contributed by atoms with Crippen LogP contribution in [-0.4, -0.2) is 5.11 Å². The molecule has 0 aliphatic rings. The molecule has 0 heterocycles. The van der Waals surface area contributed by atoms with Crippen LogP contribution in [0.25, 0.3) is 0 Å². The minimum Gasteiger partial charge on any atom is -0.386 e. The molecule has 0 spiro atoms. The predicted octanol–water partition coefficient (Wildman–Crippen LogP) is 2.36. The molecule has 1 nitrogen and oxygen atoms in total. The lowest BCUT2D eigenvalue weighted by Gasteiger charge is -2.18. The SMILES string of the molecule is Cc1cc(F)cc(C(C)(C)O)c1. The molecule has 1 N–H and O–H groups in total. The third kappa shape index (κ3) is 2.05. The lowest BCUT2D eigenvalue weighted by Crippen LogP contribution is -2.15. The summed E-state index contributed by atoms with van der Waals surface area (Å²) in [4.78, 5) is 0. The zero-order valence-electron chi connectivity index (χ0n) is 7.56. The Balaban J connectivity index is 3.18. The number of aryl methyl sites for hydroxylation is 1. The summed E-state index contributed by atoms with van der Waals surface area (Å²) in [6.45, 7) is 5.08. The molecule has 0 amide bonds. The van der Waals surface area contributed by atoms with Crippen LogP contribution >= 0.6 is 0 Å². The molecule has 0 aromatic heterocycles. The maximum Gasteiger partial charge on any atom is 0.123 e. The summed E-state index contributed by atoms with van der Waals surface area (Å²) in [7, 11) is 0. The maximum atomic E-state index is 12.8. The largest absolute Gasteiger partial charge is 0.386 e. The van der Waals surface area contributed by atoms with Gasteiger partial charge in [-0.25, -0.2) is 4.39 Å². The third-order valence-electron chi connectivity index (χ3n) is 1.75. The molecule has 0 saturated carbocycles. The number of halogens is 1. The Labute approximate surface area is 71.9 Å². The van der Waals surface area contributed by atoms with Crippen molar-refractivity contribution in [1.29, 1.82) is 0 Å². The minimum absolute atomic E-state index is 0.299. The van der Waals surface area contributed by atoms with Gasteiger partial charge in [-0.05, 0) is 44.0 Å². The number of hydrogen-bond donors (Lipinski definition) is 1. The number of hydrogen-bond acceptors (Lipinski definition) is 1. The fraction of sp³-hybridized carbons (Fsp3) is 0.400. The van der Waals surface area contributed by atoms with Crippen LogP contribution in [0, 0.1) is 12.7 Å². The topological polar surface area (TPSA) is 20.2 Å². The van der Waals surface area contributed by atoms with E-state index in [0.717, 1.165) is 5.56 Å². The second-order valence-corrected chi connectivity index (χ2v) is 3.58.